The lowest BCUT2D eigenvalue weighted by molar-refractivity contribution is -0.384. The molecule has 0 aromatic heterocycles. The third kappa shape index (κ3) is 5.49. The van der Waals surface area contributed by atoms with Crippen molar-refractivity contribution >= 4 is 5.69 Å². The van der Waals surface area contributed by atoms with E-state index in [4.69, 9.17) is 0 Å². The largest absolute Gasteiger partial charge is 0.395 e. The number of benzene rings is 1. The molecule has 2 aliphatic rings. The summed E-state index contributed by atoms with van der Waals surface area (Å²) in [4.78, 5) is 15.3. The third-order valence-electron chi connectivity index (χ3n) is 5.51. The molecule has 6 nitrogen and oxygen atoms in total. The first-order valence-corrected chi connectivity index (χ1v) is 9.46. The Bertz CT molecular complexity index is 552. The lowest BCUT2D eigenvalue weighted by atomic mass is 9.95. The van der Waals surface area contributed by atoms with Gasteiger partial charge in [0.1, 0.15) is 0 Å². The summed E-state index contributed by atoms with van der Waals surface area (Å²) in [7, 11) is 0. The fourth-order valence-electron chi connectivity index (χ4n) is 3.79. The number of likely N-dealkylation sites (tertiary alicyclic amines) is 1. The summed E-state index contributed by atoms with van der Waals surface area (Å²) in [6, 6.07) is 7.65. The van der Waals surface area contributed by atoms with Crippen LogP contribution in [0, 0.1) is 16.0 Å². The molecule has 1 aromatic carbocycles. The smallest absolute Gasteiger partial charge is 0.269 e. The molecule has 3 rings (SSSR count). The number of hydrogen-bond acceptors (Lipinski definition) is 5. The van der Waals surface area contributed by atoms with Crippen LogP contribution in [0.3, 0.4) is 0 Å². The van der Waals surface area contributed by atoms with E-state index in [0.29, 0.717) is 0 Å². The van der Waals surface area contributed by atoms with E-state index in [0.717, 1.165) is 56.7 Å². The molecule has 1 saturated heterocycles. The van der Waals surface area contributed by atoms with Crippen LogP contribution in [0.5, 0.6) is 0 Å². The first kappa shape index (κ1) is 18.3. The minimum atomic E-state index is -0.351. The van der Waals surface area contributed by atoms with Crippen molar-refractivity contribution in [1.82, 2.24) is 9.80 Å². The Kier molecular flexibility index (Phi) is 6.39. The number of non-ortho nitro benzene ring substituents is 1. The Morgan fingerprint density at radius 2 is 1.84 bits per heavy atom. The number of hydrogen-bond donors (Lipinski definition) is 1. The van der Waals surface area contributed by atoms with Gasteiger partial charge in [0, 0.05) is 37.8 Å². The van der Waals surface area contributed by atoms with Crippen molar-refractivity contribution in [2.24, 2.45) is 5.92 Å². The van der Waals surface area contributed by atoms with Gasteiger partial charge in [-0.25, -0.2) is 0 Å². The molecule has 1 saturated carbocycles. The van der Waals surface area contributed by atoms with Crippen LogP contribution in [0.4, 0.5) is 5.69 Å². The molecule has 1 aliphatic heterocycles. The number of aliphatic hydroxyl groups excluding tert-OH is 1. The number of piperidine rings is 1. The fourth-order valence-corrected chi connectivity index (χ4v) is 3.79. The Labute approximate surface area is 149 Å². The van der Waals surface area contributed by atoms with Gasteiger partial charge in [0.15, 0.2) is 0 Å². The second-order valence-electron chi connectivity index (χ2n) is 7.41. The molecular formula is C19H29N3O3. The van der Waals surface area contributed by atoms with Crippen LogP contribution in [-0.4, -0.2) is 65.2 Å². The number of aliphatic hydroxyl groups is 1. The van der Waals surface area contributed by atoms with Gasteiger partial charge in [-0.05, 0) is 56.7 Å². The number of rotatable bonds is 9. The molecule has 1 aromatic rings. The third-order valence-corrected chi connectivity index (χ3v) is 5.51. The van der Waals surface area contributed by atoms with Crippen LogP contribution in [0.2, 0.25) is 0 Å². The normalized spacial score (nSPS) is 19.4. The highest BCUT2D eigenvalue weighted by atomic mass is 16.6. The molecule has 0 radical (unpaired) electrons. The predicted octanol–water partition coefficient (Wildman–Crippen LogP) is 2.31. The monoisotopic (exact) mass is 347 g/mol. The molecule has 0 unspecified atom stereocenters. The summed E-state index contributed by atoms with van der Waals surface area (Å²) in [5.74, 6) is 0.753. The topological polar surface area (TPSA) is 69.9 Å². The first-order valence-electron chi connectivity index (χ1n) is 9.46. The number of nitrogens with zero attached hydrogens (tertiary/aromatic N) is 3. The van der Waals surface area contributed by atoms with Gasteiger partial charge in [0.25, 0.3) is 5.69 Å². The molecule has 0 amide bonds. The Balaban J connectivity index is 1.38. The van der Waals surface area contributed by atoms with Gasteiger partial charge in [0.05, 0.1) is 11.5 Å². The lowest BCUT2D eigenvalue weighted by Gasteiger charge is -2.35. The van der Waals surface area contributed by atoms with Gasteiger partial charge in [-0.3, -0.25) is 15.0 Å². The molecule has 0 spiro atoms. The van der Waals surface area contributed by atoms with Crippen molar-refractivity contribution in [1.29, 1.82) is 0 Å². The number of nitro benzene ring substituents is 1. The summed E-state index contributed by atoms with van der Waals surface area (Å²) < 4.78 is 0. The van der Waals surface area contributed by atoms with E-state index in [9.17, 15) is 15.2 Å². The van der Waals surface area contributed by atoms with Gasteiger partial charge in [-0.2, -0.15) is 0 Å². The zero-order chi connectivity index (χ0) is 17.6. The zero-order valence-corrected chi connectivity index (χ0v) is 14.8. The van der Waals surface area contributed by atoms with Crippen molar-refractivity contribution in [2.45, 2.75) is 38.1 Å². The van der Waals surface area contributed by atoms with E-state index < -0.39 is 0 Å². The standard InChI is InChI=1S/C19H29N3O3/c23-14-13-21(18-5-6-18)15-17-8-11-20(12-9-17)10-7-16-1-3-19(4-2-16)22(24)25/h1-4,17-18,23H,5-15H2. The first-order chi connectivity index (χ1) is 12.2. The van der Waals surface area contributed by atoms with Crippen molar-refractivity contribution < 1.29 is 10.0 Å². The SMILES string of the molecule is O=[N+]([O-])c1ccc(CCN2CCC(CN(CCO)C3CC3)CC2)cc1. The van der Waals surface area contributed by atoms with Gasteiger partial charge in [0.2, 0.25) is 0 Å². The Morgan fingerprint density at radius 3 is 2.40 bits per heavy atom. The van der Waals surface area contributed by atoms with Crippen LogP contribution >= 0.6 is 0 Å². The highest BCUT2D eigenvalue weighted by Crippen LogP contribution is 2.29. The molecule has 1 aliphatic carbocycles. The highest BCUT2D eigenvalue weighted by Gasteiger charge is 2.31. The van der Waals surface area contributed by atoms with E-state index in [-0.39, 0.29) is 17.2 Å². The van der Waals surface area contributed by atoms with E-state index in [1.54, 1.807) is 12.1 Å². The average Bonchev–Trinajstić information content (AvgIpc) is 3.46. The molecule has 1 heterocycles. The summed E-state index contributed by atoms with van der Waals surface area (Å²) in [5.41, 5.74) is 1.32. The van der Waals surface area contributed by atoms with E-state index >= 15 is 0 Å². The summed E-state index contributed by atoms with van der Waals surface area (Å²) in [6.07, 6.45) is 6.01. The van der Waals surface area contributed by atoms with Gasteiger partial charge >= 0.3 is 0 Å². The highest BCUT2D eigenvalue weighted by molar-refractivity contribution is 5.32. The predicted molar refractivity (Wildman–Crippen MR) is 97.6 cm³/mol. The van der Waals surface area contributed by atoms with E-state index in [2.05, 4.69) is 9.80 Å². The van der Waals surface area contributed by atoms with Crippen molar-refractivity contribution in [3.05, 3.63) is 39.9 Å². The van der Waals surface area contributed by atoms with Crippen LogP contribution in [0.15, 0.2) is 24.3 Å². The number of nitro groups is 1. The maximum absolute atomic E-state index is 10.7. The molecule has 0 bridgehead atoms. The fraction of sp³-hybridized carbons (Fsp3) is 0.684. The lowest BCUT2D eigenvalue weighted by Crippen LogP contribution is -2.41. The molecule has 6 heteroatoms. The molecule has 0 atom stereocenters. The van der Waals surface area contributed by atoms with Crippen LogP contribution in [0.25, 0.3) is 0 Å². The summed E-state index contributed by atoms with van der Waals surface area (Å²) in [6.45, 7) is 5.52. The van der Waals surface area contributed by atoms with Crippen molar-refractivity contribution in [3.63, 3.8) is 0 Å². The maximum Gasteiger partial charge on any atom is 0.269 e. The van der Waals surface area contributed by atoms with Crippen molar-refractivity contribution in [3.8, 4) is 0 Å². The van der Waals surface area contributed by atoms with Gasteiger partial charge in [-0.1, -0.05) is 12.1 Å². The van der Waals surface area contributed by atoms with E-state index in [1.165, 1.54) is 25.7 Å². The van der Waals surface area contributed by atoms with Crippen LogP contribution < -0.4 is 0 Å². The molecule has 138 valence electrons. The second-order valence-corrected chi connectivity index (χ2v) is 7.41. The molecular weight excluding hydrogens is 318 g/mol. The quantitative estimate of drug-likeness (QED) is 0.548. The van der Waals surface area contributed by atoms with Crippen LogP contribution in [-0.2, 0) is 6.42 Å². The molecule has 2 fully saturated rings. The van der Waals surface area contributed by atoms with Gasteiger partial charge in [-0.15, -0.1) is 0 Å². The minimum Gasteiger partial charge on any atom is -0.395 e. The summed E-state index contributed by atoms with van der Waals surface area (Å²) in [5, 5.41) is 19.9. The zero-order valence-electron chi connectivity index (χ0n) is 14.8. The van der Waals surface area contributed by atoms with E-state index in [1.807, 2.05) is 12.1 Å². The Hall–Kier alpha value is -1.50. The molecule has 1 N–H and O–H groups in total. The Morgan fingerprint density at radius 1 is 1.16 bits per heavy atom. The summed E-state index contributed by atoms with van der Waals surface area (Å²) >= 11 is 0. The maximum atomic E-state index is 10.7. The minimum absolute atomic E-state index is 0.160. The average molecular weight is 347 g/mol. The van der Waals surface area contributed by atoms with Crippen molar-refractivity contribution in [2.75, 3.05) is 39.3 Å². The molecule has 25 heavy (non-hydrogen) atoms. The van der Waals surface area contributed by atoms with Gasteiger partial charge < -0.3 is 10.0 Å². The van der Waals surface area contributed by atoms with Crippen LogP contribution in [0.1, 0.15) is 31.2 Å². The second kappa shape index (κ2) is 8.74.